The average molecular weight is 311 g/mol. The number of nitrogens with zero attached hydrogens (tertiary/aromatic N) is 4. The largest absolute Gasteiger partial charge is 0.369 e. The topological polar surface area (TPSA) is 32.3 Å². The predicted octanol–water partition coefficient (Wildman–Crippen LogP) is 3.08. The van der Waals surface area contributed by atoms with Crippen LogP contribution in [-0.4, -0.2) is 47.6 Å². The van der Waals surface area contributed by atoms with E-state index < -0.39 is 0 Å². The van der Waals surface area contributed by atoms with Crippen LogP contribution in [0.25, 0.3) is 10.9 Å². The molecule has 1 saturated heterocycles. The zero-order valence-electron chi connectivity index (χ0n) is 11.3. The van der Waals surface area contributed by atoms with Crippen molar-refractivity contribution in [3.05, 3.63) is 28.6 Å². The Morgan fingerprint density at radius 2 is 1.85 bits per heavy atom. The molecule has 0 unspecified atom stereocenters. The van der Waals surface area contributed by atoms with E-state index in [2.05, 4.69) is 32.8 Å². The number of aromatic nitrogens is 2. The molecule has 1 aromatic carbocycles. The van der Waals surface area contributed by atoms with E-state index in [4.69, 9.17) is 23.2 Å². The van der Waals surface area contributed by atoms with Gasteiger partial charge in [-0.25, -0.2) is 9.97 Å². The van der Waals surface area contributed by atoms with Crippen molar-refractivity contribution in [2.45, 2.75) is 6.92 Å². The van der Waals surface area contributed by atoms with Crippen LogP contribution in [0.4, 0.5) is 5.69 Å². The Hall–Kier alpha value is -1.10. The molecule has 4 nitrogen and oxygen atoms in total. The lowest BCUT2D eigenvalue weighted by atomic mass is 10.2. The minimum Gasteiger partial charge on any atom is -0.369 e. The third-order valence-electron chi connectivity index (χ3n) is 3.79. The molecule has 1 aliphatic heterocycles. The Balaban J connectivity index is 1.90. The molecule has 2 aromatic rings. The molecule has 1 aromatic heterocycles. The van der Waals surface area contributed by atoms with Crippen molar-refractivity contribution in [1.82, 2.24) is 14.9 Å². The highest BCUT2D eigenvalue weighted by Gasteiger charge is 2.16. The predicted molar refractivity (Wildman–Crippen MR) is 83.9 cm³/mol. The van der Waals surface area contributed by atoms with Gasteiger partial charge in [0.1, 0.15) is 5.15 Å². The maximum atomic E-state index is 6.08. The molecule has 0 atom stereocenters. The first-order valence-corrected chi connectivity index (χ1v) is 7.53. The molecular weight excluding hydrogens is 295 g/mol. The monoisotopic (exact) mass is 310 g/mol. The highest BCUT2D eigenvalue weighted by atomic mass is 35.5. The van der Waals surface area contributed by atoms with Crippen LogP contribution in [-0.2, 0) is 0 Å². The van der Waals surface area contributed by atoms with Crippen LogP contribution in [0.2, 0.25) is 10.4 Å². The minimum atomic E-state index is 0.190. The zero-order valence-corrected chi connectivity index (χ0v) is 12.8. The molecule has 0 amide bonds. The van der Waals surface area contributed by atoms with Crippen LogP contribution in [0.1, 0.15) is 6.92 Å². The van der Waals surface area contributed by atoms with Gasteiger partial charge in [0, 0.05) is 37.3 Å². The van der Waals surface area contributed by atoms with Gasteiger partial charge in [0.15, 0.2) is 0 Å². The molecule has 6 heteroatoms. The maximum absolute atomic E-state index is 6.08. The summed E-state index contributed by atoms with van der Waals surface area (Å²) >= 11 is 12.0. The second kappa shape index (κ2) is 5.72. The Morgan fingerprint density at radius 1 is 1.10 bits per heavy atom. The van der Waals surface area contributed by atoms with Crippen LogP contribution in [0.3, 0.4) is 0 Å². The molecule has 0 saturated carbocycles. The normalized spacial score (nSPS) is 16.9. The molecule has 0 radical (unpaired) electrons. The van der Waals surface area contributed by atoms with Gasteiger partial charge in [-0.05, 0) is 36.3 Å². The van der Waals surface area contributed by atoms with E-state index in [1.807, 2.05) is 12.1 Å². The smallest absolute Gasteiger partial charge is 0.224 e. The number of hydrogen-bond donors (Lipinski definition) is 0. The first-order valence-electron chi connectivity index (χ1n) is 6.77. The summed E-state index contributed by atoms with van der Waals surface area (Å²) in [6.07, 6.45) is 0. The third kappa shape index (κ3) is 2.68. The molecule has 0 N–H and O–H groups in total. The quantitative estimate of drug-likeness (QED) is 0.630. The zero-order chi connectivity index (χ0) is 14.1. The van der Waals surface area contributed by atoms with Gasteiger partial charge < -0.3 is 9.80 Å². The van der Waals surface area contributed by atoms with E-state index in [-0.39, 0.29) is 5.28 Å². The number of piperazine rings is 1. The van der Waals surface area contributed by atoms with Crippen molar-refractivity contribution in [3.63, 3.8) is 0 Å². The van der Waals surface area contributed by atoms with Crippen molar-refractivity contribution in [3.8, 4) is 0 Å². The second-order valence-electron chi connectivity index (χ2n) is 4.91. The van der Waals surface area contributed by atoms with E-state index in [1.165, 1.54) is 5.69 Å². The molecule has 0 bridgehead atoms. The molecule has 3 rings (SSSR count). The van der Waals surface area contributed by atoms with Gasteiger partial charge in [-0.15, -0.1) is 0 Å². The summed E-state index contributed by atoms with van der Waals surface area (Å²) in [5.41, 5.74) is 1.96. The van der Waals surface area contributed by atoms with E-state index in [9.17, 15) is 0 Å². The molecule has 0 aliphatic carbocycles. The third-order valence-corrected chi connectivity index (χ3v) is 4.25. The van der Waals surface area contributed by atoms with Crippen molar-refractivity contribution >= 4 is 39.8 Å². The van der Waals surface area contributed by atoms with Gasteiger partial charge in [0.2, 0.25) is 5.28 Å². The molecule has 2 heterocycles. The maximum Gasteiger partial charge on any atom is 0.224 e. The summed E-state index contributed by atoms with van der Waals surface area (Å²) in [6, 6.07) is 6.08. The molecular formula is C14H16Cl2N4. The summed E-state index contributed by atoms with van der Waals surface area (Å²) in [6.45, 7) is 7.58. The van der Waals surface area contributed by atoms with Gasteiger partial charge in [-0.2, -0.15) is 0 Å². The van der Waals surface area contributed by atoms with E-state index >= 15 is 0 Å². The van der Waals surface area contributed by atoms with Gasteiger partial charge in [0.25, 0.3) is 0 Å². The van der Waals surface area contributed by atoms with Gasteiger partial charge in [-0.1, -0.05) is 18.5 Å². The summed E-state index contributed by atoms with van der Waals surface area (Å²) in [5, 5.41) is 1.44. The number of halogens is 2. The van der Waals surface area contributed by atoms with E-state index in [0.29, 0.717) is 5.15 Å². The average Bonchev–Trinajstić information content (AvgIpc) is 2.46. The number of anilines is 1. The number of hydrogen-bond acceptors (Lipinski definition) is 4. The summed E-state index contributed by atoms with van der Waals surface area (Å²) in [5.74, 6) is 0. The number of fused-ring (bicyclic) bond motifs is 1. The summed E-state index contributed by atoms with van der Waals surface area (Å²) in [7, 11) is 0. The Labute approximate surface area is 128 Å². The van der Waals surface area contributed by atoms with Crippen LogP contribution in [0.5, 0.6) is 0 Å². The van der Waals surface area contributed by atoms with Crippen LogP contribution in [0.15, 0.2) is 18.2 Å². The van der Waals surface area contributed by atoms with Gasteiger partial charge in [0.05, 0.1) is 5.52 Å². The highest BCUT2D eigenvalue weighted by Crippen LogP contribution is 2.27. The van der Waals surface area contributed by atoms with Gasteiger partial charge in [-0.3, -0.25) is 0 Å². The summed E-state index contributed by atoms with van der Waals surface area (Å²) in [4.78, 5) is 13.0. The fourth-order valence-corrected chi connectivity index (χ4v) is 3.03. The Kier molecular flexibility index (Phi) is 3.96. The van der Waals surface area contributed by atoms with Crippen molar-refractivity contribution in [2.75, 3.05) is 37.6 Å². The van der Waals surface area contributed by atoms with Crippen molar-refractivity contribution in [2.24, 2.45) is 0 Å². The molecule has 106 valence electrons. The molecule has 0 spiro atoms. The lowest BCUT2D eigenvalue weighted by Crippen LogP contribution is -2.46. The lowest BCUT2D eigenvalue weighted by Gasteiger charge is -2.35. The van der Waals surface area contributed by atoms with E-state index in [1.54, 1.807) is 0 Å². The first-order chi connectivity index (χ1) is 9.67. The van der Waals surface area contributed by atoms with Crippen LogP contribution >= 0.6 is 23.2 Å². The fourth-order valence-electron chi connectivity index (χ4n) is 2.57. The van der Waals surface area contributed by atoms with Crippen LogP contribution in [0, 0.1) is 0 Å². The van der Waals surface area contributed by atoms with Crippen LogP contribution < -0.4 is 4.90 Å². The highest BCUT2D eigenvalue weighted by molar-refractivity contribution is 6.35. The lowest BCUT2D eigenvalue weighted by molar-refractivity contribution is 0.271. The summed E-state index contributed by atoms with van der Waals surface area (Å²) < 4.78 is 0. The number of benzene rings is 1. The molecule has 1 aliphatic rings. The Morgan fingerprint density at radius 3 is 2.55 bits per heavy atom. The Bertz CT molecular complexity index is 624. The van der Waals surface area contributed by atoms with Crippen molar-refractivity contribution in [1.29, 1.82) is 0 Å². The number of likely N-dealkylation sites (N-methyl/N-ethyl adjacent to an activating group) is 1. The second-order valence-corrected chi connectivity index (χ2v) is 5.60. The number of rotatable bonds is 2. The van der Waals surface area contributed by atoms with E-state index in [0.717, 1.165) is 43.6 Å². The standard InChI is InChI=1S/C14H16Cl2N4/c1-2-19-5-7-20(8-6-19)10-3-4-11-12(9-10)17-14(16)18-13(11)15/h3-4,9H,2,5-8H2,1H3. The first kappa shape index (κ1) is 13.9. The molecule has 1 fully saturated rings. The minimum absolute atomic E-state index is 0.190. The van der Waals surface area contributed by atoms with Gasteiger partial charge >= 0.3 is 0 Å². The SMILES string of the molecule is CCN1CCN(c2ccc3c(Cl)nc(Cl)nc3c2)CC1. The van der Waals surface area contributed by atoms with Crippen molar-refractivity contribution < 1.29 is 0 Å². The molecule has 20 heavy (non-hydrogen) atoms. The fraction of sp³-hybridized carbons (Fsp3) is 0.429.